The van der Waals surface area contributed by atoms with Crippen LogP contribution in [0.25, 0.3) is 0 Å². The molecule has 0 bridgehead atoms. The molecule has 102 valence electrons. The van der Waals surface area contributed by atoms with Gasteiger partial charge in [0.15, 0.2) is 0 Å². The van der Waals surface area contributed by atoms with E-state index in [1.165, 1.54) is 5.56 Å². The van der Waals surface area contributed by atoms with E-state index in [-0.39, 0.29) is 11.9 Å². The van der Waals surface area contributed by atoms with E-state index in [1.54, 1.807) is 0 Å². The molecule has 2 heterocycles. The molecule has 3 rings (SSSR count). The minimum Gasteiger partial charge on any atom is -0.493 e. The van der Waals surface area contributed by atoms with E-state index in [0.717, 1.165) is 48.3 Å². The highest BCUT2D eigenvalue weighted by molar-refractivity contribution is 9.10. The summed E-state index contributed by atoms with van der Waals surface area (Å²) in [5, 5.41) is 0. The quantitative estimate of drug-likeness (QED) is 0.853. The number of hydrogen-bond acceptors (Lipinski definition) is 3. The number of fused-ring (bicyclic) bond motifs is 1. The Balaban J connectivity index is 1.70. The van der Waals surface area contributed by atoms with Crippen LogP contribution in [0.3, 0.4) is 0 Å². The van der Waals surface area contributed by atoms with Gasteiger partial charge in [-0.2, -0.15) is 0 Å². The third-order valence-corrected chi connectivity index (χ3v) is 4.15. The molecular weight excluding hydrogens is 308 g/mol. The van der Waals surface area contributed by atoms with Gasteiger partial charge in [-0.3, -0.25) is 4.79 Å². The maximum absolute atomic E-state index is 12.1. The van der Waals surface area contributed by atoms with Gasteiger partial charge in [-0.1, -0.05) is 15.9 Å². The second-order valence-corrected chi connectivity index (χ2v) is 6.12. The van der Waals surface area contributed by atoms with Gasteiger partial charge in [-0.15, -0.1) is 0 Å². The number of benzene rings is 1. The van der Waals surface area contributed by atoms with Crippen LogP contribution in [0.15, 0.2) is 16.6 Å². The Bertz CT molecular complexity index is 492. The van der Waals surface area contributed by atoms with Gasteiger partial charge in [0.1, 0.15) is 11.5 Å². The van der Waals surface area contributed by atoms with E-state index in [9.17, 15) is 4.79 Å². The first-order chi connectivity index (χ1) is 9.22. The summed E-state index contributed by atoms with van der Waals surface area (Å²) in [6, 6.07) is 4.08. The number of ketones is 1. The third-order valence-electron chi connectivity index (χ3n) is 3.69. The fraction of sp³-hybridized carbons (Fsp3) is 0.533. The average Bonchev–Trinajstić information content (AvgIpc) is 2.99. The van der Waals surface area contributed by atoms with Gasteiger partial charge in [0.05, 0.1) is 12.7 Å². The standard InChI is InChI=1S/C15H17BrO3/c16-12-6-10-3-5-19-15(10)11(7-12)8-13(17)9-14-2-1-4-18-14/h6-7,14H,1-5,8-9H2. The summed E-state index contributed by atoms with van der Waals surface area (Å²) in [4.78, 5) is 12.1. The van der Waals surface area contributed by atoms with Crippen molar-refractivity contribution in [1.82, 2.24) is 0 Å². The lowest BCUT2D eigenvalue weighted by molar-refractivity contribution is -0.120. The molecule has 1 aromatic carbocycles. The molecule has 3 nitrogen and oxygen atoms in total. The summed E-state index contributed by atoms with van der Waals surface area (Å²) in [5.41, 5.74) is 2.21. The van der Waals surface area contributed by atoms with Crippen LogP contribution in [0, 0.1) is 0 Å². The fourth-order valence-corrected chi connectivity index (χ4v) is 3.37. The first-order valence-electron chi connectivity index (χ1n) is 6.80. The van der Waals surface area contributed by atoms with E-state index in [0.29, 0.717) is 12.8 Å². The molecule has 4 heteroatoms. The van der Waals surface area contributed by atoms with Gasteiger partial charge < -0.3 is 9.47 Å². The van der Waals surface area contributed by atoms with Crippen LogP contribution < -0.4 is 4.74 Å². The van der Waals surface area contributed by atoms with Crippen molar-refractivity contribution in [2.24, 2.45) is 0 Å². The number of carbonyl (C=O) groups excluding carboxylic acids is 1. The monoisotopic (exact) mass is 324 g/mol. The van der Waals surface area contributed by atoms with Gasteiger partial charge >= 0.3 is 0 Å². The Morgan fingerprint density at radius 1 is 1.37 bits per heavy atom. The van der Waals surface area contributed by atoms with Crippen molar-refractivity contribution < 1.29 is 14.3 Å². The molecule has 2 aliphatic heterocycles. The van der Waals surface area contributed by atoms with E-state index in [4.69, 9.17) is 9.47 Å². The van der Waals surface area contributed by atoms with Crippen LogP contribution in [0.5, 0.6) is 5.75 Å². The van der Waals surface area contributed by atoms with E-state index < -0.39 is 0 Å². The van der Waals surface area contributed by atoms with Crippen molar-refractivity contribution in [1.29, 1.82) is 0 Å². The van der Waals surface area contributed by atoms with Crippen LogP contribution in [-0.4, -0.2) is 25.1 Å². The predicted molar refractivity (Wildman–Crippen MR) is 75.6 cm³/mol. The molecule has 0 aliphatic carbocycles. The lowest BCUT2D eigenvalue weighted by Crippen LogP contribution is -2.14. The predicted octanol–water partition coefficient (Wildman–Crippen LogP) is 3.06. The number of Topliss-reactive ketones (excluding diaryl/α,β-unsaturated/α-hetero) is 1. The lowest BCUT2D eigenvalue weighted by atomic mass is 10.0. The number of carbonyl (C=O) groups is 1. The van der Waals surface area contributed by atoms with Crippen molar-refractivity contribution >= 4 is 21.7 Å². The maximum Gasteiger partial charge on any atom is 0.139 e. The minimum atomic E-state index is 0.133. The van der Waals surface area contributed by atoms with Gasteiger partial charge in [0, 0.05) is 35.9 Å². The van der Waals surface area contributed by atoms with E-state index in [1.807, 2.05) is 6.07 Å². The zero-order valence-corrected chi connectivity index (χ0v) is 12.4. The van der Waals surface area contributed by atoms with E-state index in [2.05, 4.69) is 22.0 Å². The first kappa shape index (κ1) is 13.1. The zero-order chi connectivity index (χ0) is 13.2. The number of rotatable bonds is 4. The highest BCUT2D eigenvalue weighted by Crippen LogP contribution is 2.33. The summed E-state index contributed by atoms with van der Waals surface area (Å²) in [6.07, 6.45) is 4.13. The molecule has 0 saturated carbocycles. The fourth-order valence-electron chi connectivity index (χ4n) is 2.82. The summed E-state index contributed by atoms with van der Waals surface area (Å²) < 4.78 is 12.2. The molecule has 0 radical (unpaired) electrons. The second kappa shape index (κ2) is 5.63. The van der Waals surface area contributed by atoms with Gasteiger partial charge in [0.25, 0.3) is 0 Å². The van der Waals surface area contributed by atoms with Crippen LogP contribution in [0.1, 0.15) is 30.4 Å². The first-order valence-corrected chi connectivity index (χ1v) is 7.59. The Labute approximate surface area is 121 Å². The Morgan fingerprint density at radius 2 is 2.26 bits per heavy atom. The summed E-state index contributed by atoms with van der Waals surface area (Å²) in [7, 11) is 0. The number of ether oxygens (including phenoxy) is 2. The highest BCUT2D eigenvalue weighted by atomic mass is 79.9. The van der Waals surface area contributed by atoms with Crippen LogP contribution in [-0.2, 0) is 22.4 Å². The van der Waals surface area contributed by atoms with Crippen LogP contribution >= 0.6 is 15.9 Å². The number of hydrogen-bond donors (Lipinski definition) is 0. The van der Waals surface area contributed by atoms with Crippen molar-refractivity contribution in [2.45, 2.75) is 38.2 Å². The molecule has 1 fully saturated rings. The lowest BCUT2D eigenvalue weighted by Gasteiger charge is -2.11. The molecule has 1 saturated heterocycles. The van der Waals surface area contributed by atoms with Crippen molar-refractivity contribution in [3.63, 3.8) is 0 Å². The molecule has 2 aliphatic rings. The Kier molecular flexibility index (Phi) is 3.89. The molecule has 0 N–H and O–H groups in total. The Morgan fingerprint density at radius 3 is 3.05 bits per heavy atom. The Hall–Kier alpha value is -0.870. The maximum atomic E-state index is 12.1. The topological polar surface area (TPSA) is 35.5 Å². The second-order valence-electron chi connectivity index (χ2n) is 5.21. The number of halogens is 1. The van der Waals surface area contributed by atoms with Crippen molar-refractivity contribution in [3.8, 4) is 5.75 Å². The molecule has 1 atom stereocenters. The highest BCUT2D eigenvalue weighted by Gasteiger charge is 2.22. The average molecular weight is 325 g/mol. The smallest absolute Gasteiger partial charge is 0.139 e. The van der Waals surface area contributed by atoms with Crippen LogP contribution in [0.2, 0.25) is 0 Å². The van der Waals surface area contributed by atoms with Crippen molar-refractivity contribution in [2.75, 3.05) is 13.2 Å². The van der Waals surface area contributed by atoms with Crippen LogP contribution in [0.4, 0.5) is 0 Å². The summed E-state index contributed by atoms with van der Waals surface area (Å²) in [6.45, 7) is 1.52. The van der Waals surface area contributed by atoms with Crippen molar-refractivity contribution in [3.05, 3.63) is 27.7 Å². The summed E-state index contributed by atoms with van der Waals surface area (Å²) in [5.74, 6) is 1.16. The molecular formula is C15H17BrO3. The SMILES string of the molecule is O=C(Cc1cc(Br)cc2c1OCC2)CC1CCCO1. The normalized spacial score (nSPS) is 21.2. The van der Waals surface area contributed by atoms with Gasteiger partial charge in [0.2, 0.25) is 0 Å². The van der Waals surface area contributed by atoms with Gasteiger partial charge in [-0.05, 0) is 30.5 Å². The third kappa shape index (κ3) is 3.00. The zero-order valence-electron chi connectivity index (χ0n) is 10.8. The summed E-state index contributed by atoms with van der Waals surface area (Å²) >= 11 is 3.50. The molecule has 0 aromatic heterocycles. The molecule has 1 unspecified atom stereocenters. The van der Waals surface area contributed by atoms with E-state index >= 15 is 0 Å². The molecule has 1 aromatic rings. The molecule has 19 heavy (non-hydrogen) atoms. The largest absolute Gasteiger partial charge is 0.493 e. The molecule has 0 amide bonds. The molecule has 0 spiro atoms. The van der Waals surface area contributed by atoms with Gasteiger partial charge in [-0.25, -0.2) is 0 Å². The minimum absolute atomic E-state index is 0.133.